The van der Waals surface area contributed by atoms with E-state index in [1.54, 1.807) is 0 Å². The summed E-state index contributed by atoms with van der Waals surface area (Å²) in [7, 11) is -2.92. The van der Waals surface area contributed by atoms with Crippen molar-refractivity contribution in [2.75, 3.05) is 0 Å². The Kier molecular flexibility index (Phi) is 7.46. The highest BCUT2D eigenvalue weighted by molar-refractivity contribution is 7.25. The van der Waals surface area contributed by atoms with Gasteiger partial charge in [-0.2, -0.15) is 0 Å². The molecule has 12 aromatic rings. The predicted octanol–water partition coefficient (Wildman–Crippen LogP) is 11.6. The van der Waals surface area contributed by atoms with E-state index >= 15 is 0 Å². The van der Waals surface area contributed by atoms with Crippen molar-refractivity contribution >= 4 is 104 Å². The molecule has 0 saturated carbocycles. The van der Waals surface area contributed by atoms with Gasteiger partial charge in [-0.15, -0.1) is 11.3 Å². The first-order valence-corrected chi connectivity index (χ1v) is 22.7. The Hall–Kier alpha value is -6.98. The second-order valence-corrected chi connectivity index (χ2v) is 20.2. The van der Waals surface area contributed by atoms with E-state index in [4.69, 9.17) is 0 Å². The molecule has 0 aliphatic heterocycles. The van der Waals surface area contributed by atoms with E-state index < -0.39 is 8.07 Å². The predicted molar refractivity (Wildman–Crippen MR) is 252 cm³/mol. The molecule has 0 bridgehead atoms. The average Bonchev–Trinajstić information content (AvgIpc) is 3.95. The third-order valence-electron chi connectivity index (χ3n) is 12.3. The quantitative estimate of drug-likeness (QED) is 0.118. The maximum atomic E-state index is 2.54. The molecule has 4 heteroatoms. The molecule has 0 N–H and O–H groups in total. The number of nitrogens with zero attached hydrogens (tertiary/aromatic N) is 2. The van der Waals surface area contributed by atoms with Gasteiger partial charge in [0.05, 0.1) is 22.1 Å². The molecule has 9 aromatic carbocycles. The SMILES string of the molecule is c1ccc(-n2c3ccccc3c3cc([Si](c4ccccc4)(c4ccccc4)c4ccc5c(c4)c4ccccc4n5-c4ccc5sc6ccccc6c5c4)ccc32)cc1. The molecule has 0 aliphatic rings. The van der Waals surface area contributed by atoms with Crippen molar-refractivity contribution in [3.05, 3.63) is 218 Å². The first kappa shape index (κ1) is 33.2. The van der Waals surface area contributed by atoms with Crippen LogP contribution in [0.15, 0.2) is 218 Å². The Bertz CT molecular complexity index is 3470. The lowest BCUT2D eigenvalue weighted by atomic mass is 10.1. The first-order chi connectivity index (χ1) is 28.8. The highest BCUT2D eigenvalue weighted by Crippen LogP contribution is 2.38. The normalized spacial score (nSPS) is 12.1. The highest BCUT2D eigenvalue weighted by atomic mass is 32.1. The lowest BCUT2D eigenvalue weighted by Crippen LogP contribution is -2.74. The zero-order valence-electron chi connectivity index (χ0n) is 31.6. The van der Waals surface area contributed by atoms with Crippen LogP contribution >= 0.6 is 11.3 Å². The van der Waals surface area contributed by atoms with Gasteiger partial charge in [-0.1, -0.05) is 158 Å². The van der Waals surface area contributed by atoms with Gasteiger partial charge in [-0.05, 0) is 81.4 Å². The summed E-state index contributed by atoms with van der Waals surface area (Å²) in [6.07, 6.45) is 0. The number of aromatic nitrogens is 2. The average molecular weight is 773 g/mol. The van der Waals surface area contributed by atoms with Crippen molar-refractivity contribution in [1.82, 2.24) is 9.13 Å². The number of thiophene rings is 1. The number of hydrogen-bond acceptors (Lipinski definition) is 1. The van der Waals surface area contributed by atoms with Crippen molar-refractivity contribution in [3.63, 3.8) is 0 Å². The smallest absolute Gasteiger partial charge is 0.179 e. The minimum Gasteiger partial charge on any atom is -0.309 e. The lowest BCUT2D eigenvalue weighted by Gasteiger charge is -2.34. The van der Waals surface area contributed by atoms with E-state index in [9.17, 15) is 0 Å². The summed E-state index contributed by atoms with van der Waals surface area (Å²) in [5.74, 6) is 0. The van der Waals surface area contributed by atoms with Crippen LogP contribution in [0.4, 0.5) is 0 Å². The molecular weight excluding hydrogens is 737 g/mol. The molecule has 0 radical (unpaired) electrons. The zero-order chi connectivity index (χ0) is 38.2. The fourth-order valence-electron chi connectivity index (χ4n) is 9.78. The van der Waals surface area contributed by atoms with Gasteiger partial charge in [-0.25, -0.2) is 0 Å². The Morgan fingerprint density at radius 2 is 0.724 bits per heavy atom. The Morgan fingerprint density at radius 1 is 0.276 bits per heavy atom. The molecule has 12 rings (SSSR count). The fourth-order valence-corrected chi connectivity index (χ4v) is 15.6. The third kappa shape index (κ3) is 4.83. The van der Waals surface area contributed by atoms with E-state index in [1.807, 2.05) is 11.3 Å². The molecule has 58 heavy (non-hydrogen) atoms. The van der Waals surface area contributed by atoms with Crippen molar-refractivity contribution < 1.29 is 0 Å². The summed E-state index contributed by atoms with van der Waals surface area (Å²) in [5.41, 5.74) is 7.23. The molecule has 0 atom stereocenters. The lowest BCUT2D eigenvalue weighted by molar-refractivity contribution is 1.18. The van der Waals surface area contributed by atoms with Gasteiger partial charge in [0.1, 0.15) is 0 Å². The second kappa shape index (κ2) is 13.0. The van der Waals surface area contributed by atoms with E-state index in [0.29, 0.717) is 0 Å². The van der Waals surface area contributed by atoms with Gasteiger partial charge in [0.15, 0.2) is 8.07 Å². The van der Waals surface area contributed by atoms with Crippen molar-refractivity contribution in [1.29, 1.82) is 0 Å². The van der Waals surface area contributed by atoms with E-state index in [2.05, 4.69) is 228 Å². The standard InChI is InChI=1S/C54H36N2SSi/c1-4-16-37(17-5-1)55-49-25-13-10-22-43(49)46-35-41(29-31-51(46)55)58(39-18-6-2-7-19-39,40-20-8-3-9-21-40)42-30-32-52-47(36-42)44-23-11-14-26-50(44)56(52)38-28-33-54-48(34-38)45-24-12-15-27-53(45)57-54/h1-36H. The van der Waals surface area contributed by atoms with Crippen LogP contribution in [0.2, 0.25) is 0 Å². The van der Waals surface area contributed by atoms with Crippen LogP contribution in [0.25, 0.3) is 75.2 Å². The molecular formula is C54H36N2SSi. The van der Waals surface area contributed by atoms with Gasteiger partial charge >= 0.3 is 0 Å². The topological polar surface area (TPSA) is 9.86 Å². The minimum absolute atomic E-state index is 1.17. The molecule has 3 aromatic heterocycles. The molecule has 0 spiro atoms. The first-order valence-electron chi connectivity index (χ1n) is 19.9. The van der Waals surface area contributed by atoms with E-state index in [1.165, 1.54) is 95.9 Å². The zero-order valence-corrected chi connectivity index (χ0v) is 33.4. The highest BCUT2D eigenvalue weighted by Gasteiger charge is 2.42. The van der Waals surface area contributed by atoms with Crippen molar-refractivity contribution in [2.24, 2.45) is 0 Å². The second-order valence-electron chi connectivity index (χ2n) is 15.3. The monoisotopic (exact) mass is 772 g/mol. The molecule has 0 fully saturated rings. The van der Waals surface area contributed by atoms with Crippen LogP contribution < -0.4 is 20.7 Å². The van der Waals surface area contributed by atoms with Crippen LogP contribution in [0.3, 0.4) is 0 Å². The van der Waals surface area contributed by atoms with Gasteiger partial charge in [-0.3, -0.25) is 0 Å². The number of rotatable bonds is 6. The van der Waals surface area contributed by atoms with Gasteiger partial charge in [0.25, 0.3) is 0 Å². The van der Waals surface area contributed by atoms with Crippen LogP contribution in [0.5, 0.6) is 0 Å². The molecule has 0 unspecified atom stereocenters. The molecule has 3 heterocycles. The van der Waals surface area contributed by atoms with Crippen LogP contribution in [-0.2, 0) is 0 Å². The molecule has 0 saturated heterocycles. The summed E-state index contributed by atoms with van der Waals surface area (Å²) >= 11 is 1.87. The number of benzene rings is 9. The summed E-state index contributed by atoms with van der Waals surface area (Å²) in [4.78, 5) is 0. The molecule has 272 valence electrons. The maximum absolute atomic E-state index is 2.92. The largest absolute Gasteiger partial charge is 0.309 e. The number of hydrogen-bond donors (Lipinski definition) is 0. The van der Waals surface area contributed by atoms with Crippen molar-refractivity contribution in [2.45, 2.75) is 0 Å². The third-order valence-corrected chi connectivity index (χ3v) is 18.2. The van der Waals surface area contributed by atoms with Gasteiger partial charge in [0.2, 0.25) is 0 Å². The fraction of sp³-hybridized carbons (Fsp3) is 0. The molecule has 2 nitrogen and oxygen atoms in total. The van der Waals surface area contributed by atoms with Crippen LogP contribution in [-0.4, -0.2) is 17.2 Å². The Balaban J connectivity index is 1.15. The van der Waals surface area contributed by atoms with Crippen LogP contribution in [0.1, 0.15) is 0 Å². The molecule has 0 aliphatic carbocycles. The summed E-state index contributed by atoms with van der Waals surface area (Å²) in [6.45, 7) is 0. The summed E-state index contributed by atoms with van der Waals surface area (Å²) in [5, 5.41) is 13.2. The van der Waals surface area contributed by atoms with Crippen LogP contribution in [0, 0.1) is 0 Å². The minimum atomic E-state index is -2.92. The Morgan fingerprint density at radius 3 is 1.31 bits per heavy atom. The summed E-state index contributed by atoms with van der Waals surface area (Å²) in [6, 6.07) is 81.7. The maximum Gasteiger partial charge on any atom is 0.179 e. The van der Waals surface area contributed by atoms with Gasteiger partial charge < -0.3 is 9.13 Å². The van der Waals surface area contributed by atoms with Crippen molar-refractivity contribution in [3.8, 4) is 11.4 Å². The van der Waals surface area contributed by atoms with E-state index in [-0.39, 0.29) is 0 Å². The Labute approximate surface area is 341 Å². The summed E-state index contributed by atoms with van der Waals surface area (Å²) < 4.78 is 7.53. The van der Waals surface area contributed by atoms with Gasteiger partial charge in [0, 0.05) is 53.1 Å². The molecule has 0 amide bonds. The number of para-hydroxylation sites is 3. The van der Waals surface area contributed by atoms with E-state index in [0.717, 1.165) is 0 Å². The number of fused-ring (bicyclic) bond motifs is 9.